The molecule has 0 bridgehead atoms. The van der Waals surface area contributed by atoms with Crippen molar-refractivity contribution in [2.24, 2.45) is 5.92 Å². The van der Waals surface area contributed by atoms with Crippen molar-refractivity contribution in [1.82, 2.24) is 9.55 Å². The van der Waals surface area contributed by atoms with Crippen molar-refractivity contribution in [3.63, 3.8) is 0 Å². The minimum atomic E-state index is 0.525. The Labute approximate surface area is 120 Å². The summed E-state index contributed by atoms with van der Waals surface area (Å²) in [4.78, 5) is 4.39. The van der Waals surface area contributed by atoms with Gasteiger partial charge in [-0.05, 0) is 24.1 Å². The van der Waals surface area contributed by atoms with Crippen molar-refractivity contribution in [2.45, 2.75) is 20.4 Å². The van der Waals surface area contributed by atoms with Gasteiger partial charge < -0.3 is 10.3 Å². The van der Waals surface area contributed by atoms with Crippen molar-refractivity contribution in [1.29, 1.82) is 0 Å². The second-order valence-corrected chi connectivity index (χ2v) is 5.94. The Morgan fingerprint density at radius 2 is 2.17 bits per heavy atom. The molecule has 2 N–H and O–H groups in total. The number of rotatable bonds is 3. The number of hydrogen-bond acceptors (Lipinski definition) is 2. The lowest BCUT2D eigenvalue weighted by Crippen LogP contribution is -2.06. The highest BCUT2D eigenvalue weighted by atomic mass is 79.9. The van der Waals surface area contributed by atoms with Gasteiger partial charge in [0.1, 0.15) is 11.5 Å². The van der Waals surface area contributed by atoms with Gasteiger partial charge in [0.05, 0.1) is 6.33 Å². The molecule has 96 valence electrons. The maximum atomic E-state index is 6.14. The molecule has 1 heterocycles. The fourth-order valence-electron chi connectivity index (χ4n) is 1.82. The largest absolute Gasteiger partial charge is 0.383 e. The number of nitrogens with two attached hydrogens (primary N) is 1. The number of nitrogens with zero attached hydrogens (tertiary/aromatic N) is 2. The van der Waals surface area contributed by atoms with Crippen molar-refractivity contribution in [3.05, 3.63) is 34.0 Å². The van der Waals surface area contributed by atoms with Crippen molar-refractivity contribution >= 4 is 33.3 Å². The van der Waals surface area contributed by atoms with E-state index in [2.05, 4.69) is 34.8 Å². The SMILES string of the molecule is CC(C)Cn1cnc(-c2cc(Cl)ccc2Br)c1N. The molecule has 2 aromatic rings. The van der Waals surface area contributed by atoms with Gasteiger partial charge in [0.15, 0.2) is 0 Å². The zero-order valence-electron chi connectivity index (χ0n) is 10.3. The highest BCUT2D eigenvalue weighted by Crippen LogP contribution is 2.33. The third-order valence-corrected chi connectivity index (χ3v) is 3.55. The predicted octanol–water partition coefficient (Wildman–Crippen LogP) is 4.20. The molecule has 0 radical (unpaired) electrons. The Morgan fingerprint density at radius 1 is 1.44 bits per heavy atom. The van der Waals surface area contributed by atoms with Gasteiger partial charge in [0, 0.05) is 21.6 Å². The average molecular weight is 329 g/mol. The van der Waals surface area contributed by atoms with E-state index in [0.29, 0.717) is 16.8 Å². The molecule has 18 heavy (non-hydrogen) atoms. The second-order valence-electron chi connectivity index (χ2n) is 4.65. The highest BCUT2D eigenvalue weighted by Gasteiger charge is 2.13. The molecule has 0 spiro atoms. The zero-order chi connectivity index (χ0) is 13.3. The molecule has 0 saturated heterocycles. The van der Waals surface area contributed by atoms with Crippen LogP contribution in [0, 0.1) is 5.92 Å². The Bertz CT molecular complexity index is 563. The summed E-state index contributed by atoms with van der Waals surface area (Å²) in [7, 11) is 0. The van der Waals surface area contributed by atoms with Crippen LogP contribution in [0.2, 0.25) is 5.02 Å². The lowest BCUT2D eigenvalue weighted by Gasteiger charge is -2.09. The van der Waals surface area contributed by atoms with Gasteiger partial charge in [0.25, 0.3) is 0 Å². The fourth-order valence-corrected chi connectivity index (χ4v) is 2.42. The molecule has 0 aliphatic rings. The summed E-state index contributed by atoms with van der Waals surface area (Å²) >= 11 is 9.51. The smallest absolute Gasteiger partial charge is 0.131 e. The summed E-state index contributed by atoms with van der Waals surface area (Å²) < 4.78 is 2.90. The van der Waals surface area contributed by atoms with Crippen LogP contribution in [-0.2, 0) is 6.54 Å². The molecule has 0 saturated carbocycles. The van der Waals surface area contributed by atoms with E-state index in [0.717, 1.165) is 22.3 Å². The molecule has 1 aromatic heterocycles. The molecule has 0 fully saturated rings. The minimum Gasteiger partial charge on any atom is -0.383 e. The first kappa shape index (κ1) is 13.4. The van der Waals surface area contributed by atoms with Gasteiger partial charge in [-0.25, -0.2) is 4.98 Å². The molecule has 3 nitrogen and oxygen atoms in total. The van der Waals surface area contributed by atoms with Crippen LogP contribution in [0.25, 0.3) is 11.3 Å². The maximum Gasteiger partial charge on any atom is 0.131 e. The molecule has 0 aliphatic carbocycles. The van der Waals surface area contributed by atoms with E-state index in [9.17, 15) is 0 Å². The standard InChI is InChI=1S/C13H15BrClN3/c1-8(2)6-18-7-17-12(13(18)16)10-5-9(15)3-4-11(10)14/h3-5,7-8H,6,16H2,1-2H3. The van der Waals surface area contributed by atoms with Gasteiger partial charge >= 0.3 is 0 Å². The van der Waals surface area contributed by atoms with Crippen LogP contribution in [0.4, 0.5) is 5.82 Å². The van der Waals surface area contributed by atoms with E-state index in [4.69, 9.17) is 17.3 Å². The van der Waals surface area contributed by atoms with Gasteiger partial charge in [-0.2, -0.15) is 0 Å². The van der Waals surface area contributed by atoms with E-state index < -0.39 is 0 Å². The summed E-state index contributed by atoms with van der Waals surface area (Å²) in [6.07, 6.45) is 1.78. The highest BCUT2D eigenvalue weighted by molar-refractivity contribution is 9.10. The third kappa shape index (κ3) is 2.70. The van der Waals surface area contributed by atoms with Crippen LogP contribution < -0.4 is 5.73 Å². The molecule has 1 aromatic carbocycles. The number of nitrogen functional groups attached to an aromatic ring is 1. The Morgan fingerprint density at radius 3 is 2.83 bits per heavy atom. The lowest BCUT2D eigenvalue weighted by atomic mass is 10.1. The number of benzene rings is 1. The summed E-state index contributed by atoms with van der Waals surface area (Å²) in [6, 6.07) is 5.60. The van der Waals surface area contributed by atoms with E-state index in [-0.39, 0.29) is 0 Å². The van der Waals surface area contributed by atoms with Crippen LogP contribution >= 0.6 is 27.5 Å². The monoisotopic (exact) mass is 327 g/mol. The van der Waals surface area contributed by atoms with E-state index in [1.807, 2.05) is 22.8 Å². The van der Waals surface area contributed by atoms with Crippen LogP contribution in [-0.4, -0.2) is 9.55 Å². The Kier molecular flexibility index (Phi) is 3.97. The van der Waals surface area contributed by atoms with Gasteiger partial charge in [-0.1, -0.05) is 41.4 Å². The van der Waals surface area contributed by atoms with Crippen LogP contribution in [0.15, 0.2) is 29.0 Å². The second kappa shape index (κ2) is 5.33. The summed E-state index contributed by atoms with van der Waals surface area (Å²) in [5, 5.41) is 0.672. The number of imidazole rings is 1. The first-order chi connectivity index (χ1) is 8.49. The first-order valence-corrected chi connectivity index (χ1v) is 6.92. The molecule has 0 amide bonds. The Hall–Kier alpha value is -1.00. The van der Waals surface area contributed by atoms with Crippen molar-refractivity contribution in [3.8, 4) is 11.3 Å². The van der Waals surface area contributed by atoms with Gasteiger partial charge in [0.2, 0.25) is 0 Å². The normalized spacial score (nSPS) is 11.2. The Balaban J connectivity index is 2.45. The summed E-state index contributed by atoms with van der Waals surface area (Å²) in [5.74, 6) is 1.20. The average Bonchev–Trinajstić information content (AvgIpc) is 2.64. The molecule has 2 rings (SSSR count). The molecule has 0 aliphatic heterocycles. The molecule has 0 unspecified atom stereocenters. The summed E-state index contributed by atoms with van der Waals surface area (Å²) in [5.41, 5.74) is 7.83. The molecule has 0 atom stereocenters. The van der Waals surface area contributed by atoms with Crippen molar-refractivity contribution < 1.29 is 0 Å². The molecular formula is C13H15BrClN3. The van der Waals surface area contributed by atoms with Crippen molar-refractivity contribution in [2.75, 3.05) is 5.73 Å². The summed E-state index contributed by atoms with van der Waals surface area (Å²) in [6.45, 7) is 5.15. The lowest BCUT2D eigenvalue weighted by molar-refractivity contribution is 0.527. The van der Waals surface area contributed by atoms with Gasteiger partial charge in [-0.15, -0.1) is 0 Å². The first-order valence-electron chi connectivity index (χ1n) is 5.75. The van der Waals surface area contributed by atoms with E-state index in [1.165, 1.54) is 0 Å². The topological polar surface area (TPSA) is 43.8 Å². The van der Waals surface area contributed by atoms with Crippen LogP contribution in [0.5, 0.6) is 0 Å². The maximum absolute atomic E-state index is 6.14. The predicted molar refractivity (Wildman–Crippen MR) is 79.6 cm³/mol. The number of halogens is 2. The van der Waals surface area contributed by atoms with E-state index in [1.54, 1.807) is 6.33 Å². The van der Waals surface area contributed by atoms with Gasteiger partial charge in [-0.3, -0.25) is 0 Å². The minimum absolute atomic E-state index is 0.525. The number of aromatic nitrogens is 2. The number of anilines is 1. The number of hydrogen-bond donors (Lipinski definition) is 1. The van der Waals surface area contributed by atoms with Crippen LogP contribution in [0.3, 0.4) is 0 Å². The molecular weight excluding hydrogens is 314 g/mol. The van der Waals surface area contributed by atoms with Crippen LogP contribution in [0.1, 0.15) is 13.8 Å². The zero-order valence-corrected chi connectivity index (χ0v) is 12.7. The fraction of sp³-hybridized carbons (Fsp3) is 0.308. The quantitative estimate of drug-likeness (QED) is 0.917. The molecule has 5 heteroatoms. The van der Waals surface area contributed by atoms with E-state index >= 15 is 0 Å². The third-order valence-electron chi connectivity index (χ3n) is 2.62.